The molecule has 136 valence electrons. The summed E-state index contributed by atoms with van der Waals surface area (Å²) in [6, 6.07) is 7.99. The zero-order chi connectivity index (χ0) is 18.4. The summed E-state index contributed by atoms with van der Waals surface area (Å²) in [7, 11) is 0. The molecule has 3 rings (SSSR count). The lowest BCUT2D eigenvalue weighted by atomic mass is 10.2. The van der Waals surface area contributed by atoms with Gasteiger partial charge in [0.15, 0.2) is 6.73 Å². The first-order valence-electron chi connectivity index (χ1n) is 8.65. The van der Waals surface area contributed by atoms with Crippen LogP contribution in [0.3, 0.4) is 0 Å². The van der Waals surface area contributed by atoms with Gasteiger partial charge in [0, 0.05) is 19.2 Å². The number of hydrogen-bond donors (Lipinski definition) is 1. The Hall–Kier alpha value is -3.09. The predicted octanol–water partition coefficient (Wildman–Crippen LogP) is 3.02. The zero-order valence-corrected chi connectivity index (χ0v) is 15.1. The first-order valence-corrected chi connectivity index (χ1v) is 8.65. The van der Waals surface area contributed by atoms with E-state index in [9.17, 15) is 4.79 Å². The molecule has 1 N–H and O–H groups in total. The monoisotopic (exact) mass is 353 g/mol. The number of rotatable bonds is 8. The van der Waals surface area contributed by atoms with Gasteiger partial charge >= 0.3 is 0 Å². The van der Waals surface area contributed by atoms with Crippen LogP contribution < -0.4 is 10.1 Å². The number of aromatic nitrogens is 4. The molecule has 0 aliphatic rings. The molecule has 0 fully saturated rings. The molecule has 26 heavy (non-hydrogen) atoms. The van der Waals surface area contributed by atoms with E-state index in [4.69, 9.17) is 4.74 Å². The van der Waals surface area contributed by atoms with Crippen LogP contribution in [0.2, 0.25) is 0 Å². The number of anilines is 1. The minimum absolute atomic E-state index is 0.0752. The van der Waals surface area contributed by atoms with Gasteiger partial charge in [0.25, 0.3) is 0 Å². The second-order valence-electron chi connectivity index (χ2n) is 6.12. The molecule has 2 aromatic heterocycles. The van der Waals surface area contributed by atoms with E-state index >= 15 is 0 Å². The van der Waals surface area contributed by atoms with Crippen molar-refractivity contribution in [1.29, 1.82) is 0 Å². The van der Waals surface area contributed by atoms with E-state index in [2.05, 4.69) is 22.4 Å². The van der Waals surface area contributed by atoms with Gasteiger partial charge < -0.3 is 10.1 Å². The summed E-state index contributed by atoms with van der Waals surface area (Å²) < 4.78 is 9.09. The first kappa shape index (κ1) is 17.7. The number of nitrogens with zero attached hydrogens (tertiary/aromatic N) is 4. The molecule has 0 saturated carbocycles. The molecule has 3 aromatic rings. The Morgan fingerprint density at radius 1 is 1.12 bits per heavy atom. The van der Waals surface area contributed by atoms with Gasteiger partial charge in [0.05, 0.1) is 24.3 Å². The lowest BCUT2D eigenvalue weighted by Gasteiger charge is -2.06. The lowest BCUT2D eigenvalue weighted by Crippen LogP contribution is -2.14. The number of hydrogen-bond acceptors (Lipinski definition) is 4. The quantitative estimate of drug-likeness (QED) is 0.675. The van der Waals surface area contributed by atoms with Gasteiger partial charge in [-0.3, -0.25) is 9.48 Å². The number of carbonyl (C=O) groups is 1. The van der Waals surface area contributed by atoms with Crippen LogP contribution in [0.4, 0.5) is 5.69 Å². The van der Waals surface area contributed by atoms with Crippen molar-refractivity contribution in [1.82, 2.24) is 19.6 Å². The van der Waals surface area contributed by atoms with E-state index in [1.165, 1.54) is 5.56 Å². The predicted molar refractivity (Wildman–Crippen MR) is 98.9 cm³/mol. The average Bonchev–Trinajstić information content (AvgIpc) is 3.27. The summed E-state index contributed by atoms with van der Waals surface area (Å²) >= 11 is 0. The molecule has 2 heterocycles. The number of ether oxygens (including phenoxy) is 1. The summed E-state index contributed by atoms with van der Waals surface area (Å²) in [6.07, 6.45) is 8.40. The molecule has 1 amide bonds. The normalized spacial score (nSPS) is 10.7. The zero-order valence-electron chi connectivity index (χ0n) is 15.1. The van der Waals surface area contributed by atoms with Crippen LogP contribution in [-0.2, 0) is 24.5 Å². The minimum Gasteiger partial charge on any atom is -0.471 e. The van der Waals surface area contributed by atoms with Crippen molar-refractivity contribution in [2.75, 3.05) is 5.32 Å². The summed E-state index contributed by atoms with van der Waals surface area (Å²) in [5, 5.41) is 11.2. The van der Waals surface area contributed by atoms with Gasteiger partial charge in [0.2, 0.25) is 5.91 Å². The van der Waals surface area contributed by atoms with Crippen molar-refractivity contribution >= 4 is 11.6 Å². The number of aryl methyl sites for hydroxylation is 3. The van der Waals surface area contributed by atoms with Crippen LogP contribution in [0.15, 0.2) is 49.1 Å². The number of carbonyl (C=O) groups excluding carboxylic acids is 1. The largest absolute Gasteiger partial charge is 0.471 e. The Morgan fingerprint density at radius 2 is 1.88 bits per heavy atom. The Kier molecular flexibility index (Phi) is 5.68. The molecule has 0 unspecified atom stereocenters. The van der Waals surface area contributed by atoms with Crippen LogP contribution in [0.25, 0.3) is 0 Å². The van der Waals surface area contributed by atoms with E-state index in [-0.39, 0.29) is 12.6 Å². The third-order valence-electron chi connectivity index (χ3n) is 3.94. The molecule has 0 saturated heterocycles. The second-order valence-corrected chi connectivity index (χ2v) is 6.12. The van der Waals surface area contributed by atoms with E-state index in [1.54, 1.807) is 28.0 Å². The Labute approximate surface area is 152 Å². The first-order chi connectivity index (χ1) is 12.6. The molecule has 0 spiro atoms. The van der Waals surface area contributed by atoms with Gasteiger partial charge in [-0.05, 0) is 36.6 Å². The van der Waals surface area contributed by atoms with Gasteiger partial charge in [-0.15, -0.1) is 0 Å². The standard InChI is InChI=1S/C19H23N5O2/c1-3-16-4-6-18(7-5-16)26-14-24-13-17(11-21-24)22-19(25)8-9-23-12-15(2)10-20-23/h4-7,10-13H,3,8-9,14H2,1-2H3,(H,22,25). The maximum absolute atomic E-state index is 12.0. The van der Waals surface area contributed by atoms with Crippen molar-refractivity contribution in [3.63, 3.8) is 0 Å². The van der Waals surface area contributed by atoms with Crippen molar-refractivity contribution in [3.8, 4) is 5.75 Å². The second kappa shape index (κ2) is 8.33. The summed E-state index contributed by atoms with van der Waals surface area (Å²) in [4.78, 5) is 12.0. The third-order valence-corrected chi connectivity index (χ3v) is 3.94. The van der Waals surface area contributed by atoms with Crippen molar-refractivity contribution in [3.05, 3.63) is 60.2 Å². The fourth-order valence-electron chi connectivity index (χ4n) is 2.49. The van der Waals surface area contributed by atoms with Gasteiger partial charge in [-0.1, -0.05) is 19.1 Å². The number of amides is 1. The average molecular weight is 353 g/mol. The van der Waals surface area contributed by atoms with Crippen molar-refractivity contribution in [2.45, 2.75) is 40.0 Å². The van der Waals surface area contributed by atoms with E-state index in [0.29, 0.717) is 18.7 Å². The molecule has 7 heteroatoms. The molecule has 7 nitrogen and oxygen atoms in total. The number of benzene rings is 1. The molecule has 0 aliphatic carbocycles. The molecule has 0 aliphatic heterocycles. The molecular formula is C19H23N5O2. The summed E-state index contributed by atoms with van der Waals surface area (Å²) in [5.41, 5.74) is 3.00. The molecule has 1 aromatic carbocycles. The maximum Gasteiger partial charge on any atom is 0.226 e. The van der Waals surface area contributed by atoms with Crippen LogP contribution >= 0.6 is 0 Å². The third kappa shape index (κ3) is 4.95. The maximum atomic E-state index is 12.0. The highest BCUT2D eigenvalue weighted by Gasteiger charge is 2.06. The fourth-order valence-corrected chi connectivity index (χ4v) is 2.49. The van der Waals surface area contributed by atoms with Crippen LogP contribution in [0.1, 0.15) is 24.5 Å². The molecule has 0 radical (unpaired) electrons. The van der Waals surface area contributed by atoms with Crippen LogP contribution in [0, 0.1) is 6.92 Å². The molecule has 0 atom stereocenters. The summed E-state index contributed by atoms with van der Waals surface area (Å²) in [6.45, 7) is 4.92. The van der Waals surface area contributed by atoms with Crippen LogP contribution in [0.5, 0.6) is 5.75 Å². The smallest absolute Gasteiger partial charge is 0.226 e. The topological polar surface area (TPSA) is 74.0 Å². The SMILES string of the molecule is CCc1ccc(OCn2cc(NC(=O)CCn3cc(C)cn3)cn2)cc1. The van der Waals surface area contributed by atoms with Gasteiger partial charge in [0.1, 0.15) is 5.75 Å². The van der Waals surface area contributed by atoms with Crippen molar-refractivity contribution in [2.24, 2.45) is 0 Å². The van der Waals surface area contributed by atoms with Crippen LogP contribution in [-0.4, -0.2) is 25.5 Å². The van der Waals surface area contributed by atoms with Gasteiger partial charge in [-0.25, -0.2) is 4.68 Å². The van der Waals surface area contributed by atoms with E-state index in [0.717, 1.165) is 17.7 Å². The minimum atomic E-state index is -0.0752. The molecule has 0 bridgehead atoms. The van der Waals surface area contributed by atoms with Crippen molar-refractivity contribution < 1.29 is 9.53 Å². The molecular weight excluding hydrogens is 330 g/mol. The van der Waals surface area contributed by atoms with Gasteiger partial charge in [-0.2, -0.15) is 10.2 Å². The Balaban J connectivity index is 1.45. The highest BCUT2D eigenvalue weighted by molar-refractivity contribution is 5.90. The highest BCUT2D eigenvalue weighted by atomic mass is 16.5. The lowest BCUT2D eigenvalue weighted by molar-refractivity contribution is -0.116. The Bertz CT molecular complexity index is 851. The van der Waals surface area contributed by atoms with E-state index < -0.39 is 0 Å². The van der Waals surface area contributed by atoms with E-state index in [1.807, 2.05) is 37.4 Å². The Morgan fingerprint density at radius 3 is 2.58 bits per heavy atom. The summed E-state index contributed by atoms with van der Waals surface area (Å²) in [5.74, 6) is 0.714. The fraction of sp³-hybridized carbons (Fsp3) is 0.316. The highest BCUT2D eigenvalue weighted by Crippen LogP contribution is 2.13. The number of nitrogens with one attached hydrogen (secondary N) is 1.